The Kier molecular flexibility index (Phi) is 6.46. The van der Waals surface area contributed by atoms with E-state index in [1.165, 1.54) is 4.90 Å². The fourth-order valence-corrected chi connectivity index (χ4v) is 5.24. The van der Waals surface area contributed by atoms with E-state index >= 15 is 0 Å². The van der Waals surface area contributed by atoms with Gasteiger partial charge in [0.2, 0.25) is 0 Å². The third-order valence-corrected chi connectivity index (χ3v) is 6.68. The zero-order valence-corrected chi connectivity index (χ0v) is 19.4. The zero-order chi connectivity index (χ0) is 24.8. The molecule has 2 aliphatic heterocycles. The van der Waals surface area contributed by atoms with E-state index in [1.807, 2.05) is 0 Å². The topological polar surface area (TPSA) is 32.3 Å². The number of aromatic nitrogens is 2. The number of anilines is 3. The first-order valence-electron chi connectivity index (χ1n) is 11.7. The first-order valence-corrected chi connectivity index (χ1v) is 11.7. The highest BCUT2D eigenvalue weighted by Gasteiger charge is 2.44. The van der Waals surface area contributed by atoms with Crippen molar-refractivity contribution in [1.82, 2.24) is 9.97 Å². The molecule has 0 bridgehead atoms. The molecule has 4 rings (SSSR count). The summed E-state index contributed by atoms with van der Waals surface area (Å²) in [4.78, 5) is 12.9. The van der Waals surface area contributed by atoms with Crippen LogP contribution in [0.2, 0.25) is 0 Å². The van der Waals surface area contributed by atoms with Crippen LogP contribution in [-0.2, 0) is 12.4 Å². The van der Waals surface area contributed by atoms with E-state index in [4.69, 9.17) is 4.98 Å². The maximum atomic E-state index is 13.9. The highest BCUT2D eigenvalue weighted by molar-refractivity contribution is 5.76. The van der Waals surface area contributed by atoms with Crippen LogP contribution in [0.1, 0.15) is 74.4 Å². The molecule has 186 valence electrons. The molecule has 2 aromatic rings. The van der Waals surface area contributed by atoms with Gasteiger partial charge in [-0.05, 0) is 44.4 Å². The number of alkyl halides is 6. The third-order valence-electron chi connectivity index (χ3n) is 6.68. The monoisotopic (exact) mass is 486 g/mol. The fourth-order valence-electron chi connectivity index (χ4n) is 5.24. The summed E-state index contributed by atoms with van der Waals surface area (Å²) in [5.41, 5.74) is -2.13. The molecule has 1 atom stereocenters. The number of hydrogen-bond acceptors (Lipinski definition) is 4. The van der Waals surface area contributed by atoms with Gasteiger partial charge in [-0.1, -0.05) is 26.7 Å². The summed E-state index contributed by atoms with van der Waals surface area (Å²) >= 11 is 0. The van der Waals surface area contributed by atoms with Crippen LogP contribution < -0.4 is 9.80 Å². The first-order chi connectivity index (χ1) is 16.0. The molecule has 1 aromatic heterocycles. The lowest BCUT2D eigenvalue weighted by Crippen LogP contribution is -2.40. The average Bonchev–Trinajstić information content (AvgIpc) is 3.11. The normalized spacial score (nSPS) is 18.1. The molecular weight excluding hydrogens is 458 g/mol. The molecule has 4 nitrogen and oxygen atoms in total. The highest BCUT2D eigenvalue weighted by Crippen LogP contribution is 2.51. The Labute approximate surface area is 195 Å². The van der Waals surface area contributed by atoms with Gasteiger partial charge in [0.25, 0.3) is 0 Å². The van der Waals surface area contributed by atoms with Crippen molar-refractivity contribution in [3.8, 4) is 0 Å². The lowest BCUT2D eigenvalue weighted by Gasteiger charge is -2.38. The molecule has 34 heavy (non-hydrogen) atoms. The summed E-state index contributed by atoms with van der Waals surface area (Å²) < 4.78 is 81.2. The van der Waals surface area contributed by atoms with Gasteiger partial charge in [0.1, 0.15) is 17.5 Å². The molecule has 2 aliphatic rings. The number of aryl methyl sites for hydroxylation is 1. The van der Waals surface area contributed by atoms with E-state index in [0.29, 0.717) is 17.7 Å². The molecule has 3 heterocycles. The lowest BCUT2D eigenvalue weighted by atomic mass is 9.92. The van der Waals surface area contributed by atoms with Crippen LogP contribution in [0.5, 0.6) is 0 Å². The molecule has 1 aromatic carbocycles. The van der Waals surface area contributed by atoms with Crippen molar-refractivity contribution in [3.05, 3.63) is 40.7 Å². The largest absolute Gasteiger partial charge is 0.418 e. The first kappa shape index (κ1) is 24.6. The Morgan fingerprint density at radius 1 is 0.971 bits per heavy atom. The van der Waals surface area contributed by atoms with E-state index in [1.54, 1.807) is 6.92 Å². The molecule has 0 fully saturated rings. The van der Waals surface area contributed by atoms with E-state index in [-0.39, 0.29) is 30.3 Å². The second kappa shape index (κ2) is 8.92. The van der Waals surface area contributed by atoms with Crippen LogP contribution in [0.25, 0.3) is 0 Å². The van der Waals surface area contributed by atoms with Gasteiger partial charge in [0.15, 0.2) is 0 Å². The Balaban J connectivity index is 1.83. The Hall–Kier alpha value is -2.52. The van der Waals surface area contributed by atoms with Crippen molar-refractivity contribution in [2.24, 2.45) is 0 Å². The molecule has 0 saturated carbocycles. The molecule has 0 saturated heterocycles. The highest BCUT2D eigenvalue weighted by atomic mass is 19.4. The molecule has 0 radical (unpaired) electrons. The number of nitrogens with zero attached hydrogens (tertiary/aromatic N) is 4. The van der Waals surface area contributed by atoms with E-state index in [2.05, 4.69) is 23.7 Å². The second-order valence-electron chi connectivity index (χ2n) is 9.08. The van der Waals surface area contributed by atoms with Crippen LogP contribution in [0, 0.1) is 6.92 Å². The van der Waals surface area contributed by atoms with Crippen molar-refractivity contribution in [1.29, 1.82) is 0 Å². The quantitative estimate of drug-likeness (QED) is 0.403. The summed E-state index contributed by atoms with van der Waals surface area (Å²) in [6.07, 6.45) is -5.11. The maximum Gasteiger partial charge on any atom is 0.418 e. The van der Waals surface area contributed by atoms with E-state index in [9.17, 15) is 26.3 Å². The minimum absolute atomic E-state index is 0.0749. The minimum atomic E-state index is -4.95. The van der Waals surface area contributed by atoms with E-state index in [0.717, 1.165) is 56.1 Å². The minimum Gasteiger partial charge on any atom is -0.353 e. The number of rotatable bonds is 6. The Morgan fingerprint density at radius 2 is 1.62 bits per heavy atom. The number of benzene rings is 1. The smallest absolute Gasteiger partial charge is 0.353 e. The predicted octanol–water partition coefficient (Wildman–Crippen LogP) is 7.24. The van der Waals surface area contributed by atoms with Crippen LogP contribution >= 0.6 is 0 Å². The third kappa shape index (κ3) is 4.43. The van der Waals surface area contributed by atoms with Gasteiger partial charge < -0.3 is 9.80 Å². The summed E-state index contributed by atoms with van der Waals surface area (Å²) in [5, 5.41) is 0. The molecule has 0 aliphatic carbocycles. The van der Waals surface area contributed by atoms with Gasteiger partial charge in [-0.2, -0.15) is 26.3 Å². The molecule has 0 spiro atoms. The molecule has 0 amide bonds. The molecule has 1 unspecified atom stereocenters. The predicted molar refractivity (Wildman–Crippen MR) is 119 cm³/mol. The standard InChI is InChI=1S/C24H28F6N4/c1-4-6-17(7-5-2)33-11-10-15-13-34(22-20(15)21(33)31-14(3)32-22)19-9-8-16(23(25,26)27)12-18(19)24(28,29)30/h8-9,12,15,17H,4-7,10-11,13H2,1-3H3. The van der Waals surface area contributed by atoms with Crippen molar-refractivity contribution in [2.75, 3.05) is 22.9 Å². The van der Waals surface area contributed by atoms with Crippen LogP contribution in [-0.4, -0.2) is 29.1 Å². The fraction of sp³-hybridized carbons (Fsp3) is 0.583. The summed E-state index contributed by atoms with van der Waals surface area (Å²) in [7, 11) is 0. The van der Waals surface area contributed by atoms with Gasteiger partial charge in [-0.25, -0.2) is 9.97 Å². The average molecular weight is 487 g/mol. The van der Waals surface area contributed by atoms with Gasteiger partial charge >= 0.3 is 12.4 Å². The Bertz CT molecular complexity index is 1040. The molecule has 10 heteroatoms. The van der Waals surface area contributed by atoms with Crippen LogP contribution in [0.15, 0.2) is 18.2 Å². The summed E-state index contributed by atoms with van der Waals surface area (Å²) in [6.45, 7) is 6.91. The molecular formula is C24H28F6N4. The Morgan fingerprint density at radius 3 is 2.21 bits per heavy atom. The number of hydrogen-bond donors (Lipinski definition) is 0. The lowest BCUT2D eigenvalue weighted by molar-refractivity contribution is -0.142. The van der Waals surface area contributed by atoms with Gasteiger partial charge in [0, 0.05) is 30.6 Å². The van der Waals surface area contributed by atoms with Crippen molar-refractivity contribution in [3.63, 3.8) is 0 Å². The van der Waals surface area contributed by atoms with Crippen LogP contribution in [0.4, 0.5) is 43.7 Å². The van der Waals surface area contributed by atoms with Gasteiger partial charge in [-0.15, -0.1) is 0 Å². The summed E-state index contributed by atoms with van der Waals surface area (Å²) in [6, 6.07) is 2.10. The van der Waals surface area contributed by atoms with Crippen LogP contribution in [0.3, 0.4) is 0 Å². The van der Waals surface area contributed by atoms with Crippen molar-refractivity contribution < 1.29 is 26.3 Å². The number of halogens is 6. The van der Waals surface area contributed by atoms with Gasteiger partial charge in [-0.3, -0.25) is 0 Å². The zero-order valence-electron chi connectivity index (χ0n) is 19.4. The SMILES string of the molecule is CCCC(CCC)N1CCC2CN(c3ccc(C(F)(F)F)cc3C(F)(F)F)c3nc(C)nc1c32. The van der Waals surface area contributed by atoms with E-state index < -0.39 is 23.5 Å². The summed E-state index contributed by atoms with van der Waals surface area (Å²) in [5.74, 6) is 1.48. The maximum absolute atomic E-state index is 13.9. The molecule has 0 N–H and O–H groups in total. The second-order valence-corrected chi connectivity index (χ2v) is 9.08. The van der Waals surface area contributed by atoms with Gasteiger partial charge in [0.05, 0.1) is 16.8 Å². The van der Waals surface area contributed by atoms with Crippen molar-refractivity contribution in [2.45, 2.75) is 77.2 Å². The van der Waals surface area contributed by atoms with Crippen molar-refractivity contribution >= 4 is 17.3 Å².